The summed E-state index contributed by atoms with van der Waals surface area (Å²) in [5, 5.41) is 15.6. The van der Waals surface area contributed by atoms with E-state index in [9.17, 15) is 14.9 Å². The fourth-order valence-electron chi connectivity index (χ4n) is 1.25. The first-order chi connectivity index (χ1) is 7.56. The lowest BCUT2D eigenvalue weighted by atomic mass is 10.5. The Morgan fingerprint density at radius 3 is 2.94 bits per heavy atom. The number of hydrogen-bond donors (Lipinski definition) is 2. The average molecular weight is 227 g/mol. The minimum Gasteiger partial charge on any atom is -0.358 e. The van der Waals surface area contributed by atoms with E-state index in [4.69, 9.17) is 0 Å². The molecule has 0 bridgehead atoms. The molecule has 88 valence electrons. The summed E-state index contributed by atoms with van der Waals surface area (Å²) < 4.78 is 1.44. The van der Waals surface area contributed by atoms with Crippen molar-refractivity contribution in [3.05, 3.63) is 22.1 Å². The Kier molecular flexibility index (Phi) is 3.81. The van der Waals surface area contributed by atoms with Crippen molar-refractivity contribution in [2.45, 2.75) is 13.5 Å². The molecule has 8 heteroatoms. The fraction of sp³-hybridized carbons (Fsp3) is 0.500. The Hall–Kier alpha value is -2.12. The van der Waals surface area contributed by atoms with Crippen molar-refractivity contribution in [1.82, 2.24) is 20.2 Å². The lowest BCUT2D eigenvalue weighted by Crippen LogP contribution is -2.35. The zero-order chi connectivity index (χ0) is 12.1. The Labute approximate surface area is 91.8 Å². The molecule has 1 heterocycles. The average Bonchev–Trinajstić information content (AvgIpc) is 2.60. The second-order valence-corrected chi connectivity index (χ2v) is 3.08. The normalized spacial score (nSPS) is 9.88. The van der Waals surface area contributed by atoms with Crippen LogP contribution in [0.1, 0.15) is 5.82 Å². The molecule has 0 aromatic carbocycles. The predicted molar refractivity (Wildman–Crippen MR) is 56.1 cm³/mol. The van der Waals surface area contributed by atoms with Crippen LogP contribution in [0.3, 0.4) is 0 Å². The van der Waals surface area contributed by atoms with Crippen molar-refractivity contribution >= 4 is 11.8 Å². The van der Waals surface area contributed by atoms with Gasteiger partial charge in [0.15, 0.2) is 5.82 Å². The van der Waals surface area contributed by atoms with Crippen LogP contribution >= 0.6 is 0 Å². The van der Waals surface area contributed by atoms with Crippen LogP contribution in [0.2, 0.25) is 0 Å². The molecule has 2 N–H and O–H groups in total. The SMILES string of the molecule is CNC(=O)NCCn1c([N+](=O)[O-])cnc1C. The second kappa shape index (κ2) is 5.10. The molecule has 0 aliphatic carbocycles. The molecule has 1 aromatic heterocycles. The van der Waals surface area contributed by atoms with Gasteiger partial charge in [0.25, 0.3) is 0 Å². The number of nitrogens with one attached hydrogen (secondary N) is 2. The summed E-state index contributed by atoms with van der Waals surface area (Å²) in [7, 11) is 1.50. The predicted octanol–water partition coefficient (Wildman–Crippen LogP) is 0.0287. The summed E-state index contributed by atoms with van der Waals surface area (Å²) in [6.45, 7) is 2.29. The van der Waals surface area contributed by atoms with Crippen molar-refractivity contribution < 1.29 is 9.72 Å². The maximum absolute atomic E-state index is 10.9. The highest BCUT2D eigenvalue weighted by Gasteiger charge is 2.16. The van der Waals surface area contributed by atoms with Crippen LogP contribution in [-0.2, 0) is 6.54 Å². The highest BCUT2D eigenvalue weighted by atomic mass is 16.6. The lowest BCUT2D eigenvalue weighted by Gasteiger charge is -2.04. The van der Waals surface area contributed by atoms with E-state index < -0.39 is 4.92 Å². The van der Waals surface area contributed by atoms with Gasteiger partial charge in [0, 0.05) is 14.0 Å². The number of carbonyl (C=O) groups excluding carboxylic acids is 1. The number of nitrogens with zero attached hydrogens (tertiary/aromatic N) is 3. The molecule has 0 aliphatic heterocycles. The van der Waals surface area contributed by atoms with Crippen LogP contribution in [-0.4, -0.2) is 34.1 Å². The van der Waals surface area contributed by atoms with E-state index in [-0.39, 0.29) is 11.8 Å². The summed E-state index contributed by atoms with van der Waals surface area (Å²) in [5.74, 6) is 0.474. The number of amides is 2. The van der Waals surface area contributed by atoms with Crippen LogP contribution in [0, 0.1) is 17.0 Å². The molecular weight excluding hydrogens is 214 g/mol. The zero-order valence-corrected chi connectivity index (χ0v) is 9.06. The number of imidazole rings is 1. The first-order valence-electron chi connectivity index (χ1n) is 4.68. The largest absolute Gasteiger partial charge is 0.358 e. The molecule has 0 radical (unpaired) electrons. The van der Waals surface area contributed by atoms with Gasteiger partial charge in [0.2, 0.25) is 0 Å². The van der Waals surface area contributed by atoms with Gasteiger partial charge in [-0.05, 0) is 4.92 Å². The first kappa shape index (κ1) is 12.0. The maximum Gasteiger partial charge on any atom is 0.342 e. The molecule has 1 aromatic rings. The minimum absolute atomic E-state index is 0.0730. The van der Waals surface area contributed by atoms with Gasteiger partial charge in [-0.15, -0.1) is 0 Å². The number of hydrogen-bond acceptors (Lipinski definition) is 4. The molecule has 8 nitrogen and oxygen atoms in total. The van der Waals surface area contributed by atoms with E-state index in [2.05, 4.69) is 15.6 Å². The minimum atomic E-state index is -0.500. The molecule has 0 fully saturated rings. The molecule has 0 saturated heterocycles. The van der Waals surface area contributed by atoms with Gasteiger partial charge in [-0.2, -0.15) is 0 Å². The summed E-state index contributed by atoms with van der Waals surface area (Å²) in [4.78, 5) is 24.8. The van der Waals surface area contributed by atoms with Crippen LogP contribution in [0.15, 0.2) is 6.20 Å². The Morgan fingerprint density at radius 2 is 2.38 bits per heavy atom. The van der Waals surface area contributed by atoms with Gasteiger partial charge < -0.3 is 20.7 Å². The van der Waals surface area contributed by atoms with Crippen molar-refractivity contribution in [3.8, 4) is 0 Å². The van der Waals surface area contributed by atoms with E-state index in [1.165, 1.54) is 17.8 Å². The number of aromatic nitrogens is 2. The molecule has 0 atom stereocenters. The van der Waals surface area contributed by atoms with Crippen LogP contribution in [0.5, 0.6) is 0 Å². The molecule has 0 saturated carbocycles. The van der Waals surface area contributed by atoms with E-state index in [1.54, 1.807) is 6.92 Å². The van der Waals surface area contributed by atoms with Crippen molar-refractivity contribution in [3.63, 3.8) is 0 Å². The standard InChI is InChI=1S/C8H13N5O3/c1-6-11-5-7(13(15)16)12(6)4-3-10-8(14)9-2/h5H,3-4H2,1-2H3,(H2,9,10,14). The Morgan fingerprint density at radius 1 is 1.69 bits per heavy atom. The summed E-state index contributed by atoms with van der Waals surface area (Å²) in [6.07, 6.45) is 1.20. The molecule has 16 heavy (non-hydrogen) atoms. The Bertz CT molecular complexity index is 400. The smallest absolute Gasteiger partial charge is 0.342 e. The van der Waals surface area contributed by atoms with Gasteiger partial charge in [-0.3, -0.25) is 0 Å². The van der Waals surface area contributed by atoms with Crippen LogP contribution in [0.4, 0.5) is 10.6 Å². The molecular formula is C8H13N5O3. The van der Waals surface area contributed by atoms with Crippen molar-refractivity contribution in [1.29, 1.82) is 0 Å². The highest BCUT2D eigenvalue weighted by molar-refractivity contribution is 5.73. The van der Waals surface area contributed by atoms with Crippen molar-refractivity contribution in [2.24, 2.45) is 0 Å². The zero-order valence-electron chi connectivity index (χ0n) is 9.06. The third-order valence-corrected chi connectivity index (χ3v) is 2.07. The van der Waals surface area contributed by atoms with E-state index in [0.717, 1.165) is 0 Å². The quantitative estimate of drug-likeness (QED) is 0.559. The first-order valence-corrected chi connectivity index (χ1v) is 4.68. The van der Waals surface area contributed by atoms with Gasteiger partial charge in [0.1, 0.15) is 12.7 Å². The third-order valence-electron chi connectivity index (χ3n) is 2.07. The number of aryl methyl sites for hydroxylation is 1. The van der Waals surface area contributed by atoms with E-state index in [1.807, 2.05) is 0 Å². The molecule has 1 rings (SSSR count). The number of rotatable bonds is 4. The Balaban J connectivity index is 2.62. The number of nitro groups is 1. The van der Waals surface area contributed by atoms with E-state index in [0.29, 0.717) is 18.9 Å². The number of carbonyl (C=O) groups is 1. The molecule has 0 aliphatic rings. The summed E-state index contributed by atoms with van der Waals surface area (Å²) in [5.41, 5.74) is 0. The number of urea groups is 1. The van der Waals surface area contributed by atoms with Crippen LogP contribution < -0.4 is 10.6 Å². The molecule has 0 spiro atoms. The van der Waals surface area contributed by atoms with Gasteiger partial charge in [0.05, 0.1) is 6.54 Å². The highest BCUT2D eigenvalue weighted by Crippen LogP contribution is 2.12. The van der Waals surface area contributed by atoms with Gasteiger partial charge in [-0.25, -0.2) is 14.3 Å². The lowest BCUT2D eigenvalue weighted by molar-refractivity contribution is -0.392. The fourth-order valence-corrected chi connectivity index (χ4v) is 1.25. The summed E-state index contributed by atoms with van der Waals surface area (Å²) >= 11 is 0. The monoisotopic (exact) mass is 227 g/mol. The van der Waals surface area contributed by atoms with Crippen molar-refractivity contribution in [2.75, 3.05) is 13.6 Å². The molecule has 2 amide bonds. The van der Waals surface area contributed by atoms with Gasteiger partial charge in [-0.1, -0.05) is 0 Å². The third kappa shape index (κ3) is 2.69. The second-order valence-electron chi connectivity index (χ2n) is 3.08. The van der Waals surface area contributed by atoms with Crippen LogP contribution in [0.25, 0.3) is 0 Å². The molecule has 0 unspecified atom stereocenters. The maximum atomic E-state index is 10.9. The topological polar surface area (TPSA) is 102 Å². The van der Waals surface area contributed by atoms with Gasteiger partial charge >= 0.3 is 11.8 Å². The van der Waals surface area contributed by atoms with E-state index >= 15 is 0 Å². The summed E-state index contributed by atoms with van der Waals surface area (Å²) in [6, 6.07) is -0.319.